The molecule has 0 aliphatic carbocycles. The first-order valence-electron chi connectivity index (χ1n) is 11.4. The first kappa shape index (κ1) is 23.3. The molecule has 5 rings (SSSR count). The van der Waals surface area contributed by atoms with E-state index >= 15 is 0 Å². The van der Waals surface area contributed by atoms with Gasteiger partial charge in [0, 0.05) is 35.2 Å². The molecule has 35 heavy (non-hydrogen) atoms. The van der Waals surface area contributed by atoms with Gasteiger partial charge in [0.25, 0.3) is 0 Å². The largest absolute Gasteiger partial charge is 0.377 e. The van der Waals surface area contributed by atoms with E-state index in [0.29, 0.717) is 34.9 Å². The zero-order chi connectivity index (χ0) is 24.4. The summed E-state index contributed by atoms with van der Waals surface area (Å²) < 4.78 is 47.7. The van der Waals surface area contributed by atoms with Gasteiger partial charge in [0.2, 0.25) is 10.0 Å². The van der Waals surface area contributed by atoms with E-state index in [1.807, 2.05) is 30.3 Å². The molecule has 180 valence electrons. The Bertz CT molecular complexity index is 1470. The van der Waals surface area contributed by atoms with Gasteiger partial charge in [0.15, 0.2) is 5.82 Å². The molecule has 1 atom stereocenters. The molecule has 0 radical (unpaired) electrons. The van der Waals surface area contributed by atoms with Crippen LogP contribution in [0.5, 0.6) is 0 Å². The lowest BCUT2D eigenvalue weighted by atomic mass is 10.0. The Morgan fingerprint density at radius 3 is 2.54 bits per heavy atom. The predicted molar refractivity (Wildman–Crippen MR) is 134 cm³/mol. The minimum Gasteiger partial charge on any atom is -0.377 e. The number of rotatable bonds is 7. The van der Waals surface area contributed by atoms with Crippen molar-refractivity contribution in [1.82, 2.24) is 14.9 Å². The van der Waals surface area contributed by atoms with E-state index in [-0.39, 0.29) is 23.4 Å². The zero-order valence-corrected chi connectivity index (χ0v) is 20.0. The number of hydrogen-bond acceptors (Lipinski definition) is 6. The summed E-state index contributed by atoms with van der Waals surface area (Å²) in [6.45, 7) is 2.68. The van der Waals surface area contributed by atoms with E-state index in [4.69, 9.17) is 4.74 Å². The highest BCUT2D eigenvalue weighted by Crippen LogP contribution is 2.32. The number of aromatic nitrogens is 2. The molecule has 0 unspecified atom stereocenters. The third-order valence-electron chi connectivity index (χ3n) is 6.07. The molecule has 1 aliphatic heterocycles. The Hall–Kier alpha value is -3.40. The first-order chi connectivity index (χ1) is 16.9. The molecule has 0 saturated carbocycles. The van der Waals surface area contributed by atoms with Crippen molar-refractivity contribution in [1.29, 1.82) is 0 Å². The highest BCUT2D eigenvalue weighted by Gasteiger charge is 2.23. The fourth-order valence-electron chi connectivity index (χ4n) is 4.20. The SMILES string of the molecule is Cc1ccc(-c2nnc(Nc3ccc(F)cc3)c3ccccc23)cc1S(=O)(=O)NC[C@H]1CCCO1. The second-order valence-corrected chi connectivity index (χ2v) is 10.3. The first-order valence-corrected chi connectivity index (χ1v) is 12.9. The zero-order valence-electron chi connectivity index (χ0n) is 19.2. The Balaban J connectivity index is 1.50. The molecule has 0 bridgehead atoms. The highest BCUT2D eigenvalue weighted by atomic mass is 32.2. The van der Waals surface area contributed by atoms with E-state index in [9.17, 15) is 12.8 Å². The average molecular weight is 493 g/mol. The standard InChI is InChI=1S/C26H25FN4O3S/c1-17-8-9-18(15-24(17)35(32,33)28-16-21-5-4-14-34-21)25-22-6-2-3-7-23(22)26(31-30-25)29-20-12-10-19(27)11-13-20/h2-3,6-13,15,21,28H,4-5,14,16H2,1H3,(H,29,31)/t21-/m1/s1. The van der Waals surface area contributed by atoms with Gasteiger partial charge in [-0.3, -0.25) is 0 Å². The second-order valence-electron chi connectivity index (χ2n) is 8.54. The molecule has 3 aromatic carbocycles. The summed E-state index contributed by atoms with van der Waals surface area (Å²) in [5, 5.41) is 13.6. The monoisotopic (exact) mass is 492 g/mol. The number of sulfonamides is 1. The van der Waals surface area contributed by atoms with Crippen LogP contribution in [-0.4, -0.2) is 37.9 Å². The second kappa shape index (κ2) is 9.69. The van der Waals surface area contributed by atoms with Crippen molar-refractivity contribution in [3.05, 3.63) is 78.1 Å². The summed E-state index contributed by atoms with van der Waals surface area (Å²) >= 11 is 0. The van der Waals surface area contributed by atoms with Crippen LogP contribution in [0.15, 0.2) is 71.6 Å². The summed E-state index contributed by atoms with van der Waals surface area (Å²) in [5.74, 6) is 0.200. The molecule has 1 aliphatic rings. The maximum Gasteiger partial charge on any atom is 0.240 e. The van der Waals surface area contributed by atoms with Gasteiger partial charge in [-0.05, 0) is 55.7 Å². The Labute approximate surface area is 203 Å². The van der Waals surface area contributed by atoms with Gasteiger partial charge in [0.1, 0.15) is 11.5 Å². The lowest BCUT2D eigenvalue weighted by Gasteiger charge is -2.15. The van der Waals surface area contributed by atoms with Crippen LogP contribution in [0.1, 0.15) is 18.4 Å². The van der Waals surface area contributed by atoms with Crippen molar-refractivity contribution in [3.8, 4) is 11.3 Å². The van der Waals surface area contributed by atoms with Crippen molar-refractivity contribution in [3.63, 3.8) is 0 Å². The van der Waals surface area contributed by atoms with Crippen LogP contribution in [0.4, 0.5) is 15.9 Å². The fraction of sp³-hybridized carbons (Fsp3) is 0.231. The number of fused-ring (bicyclic) bond motifs is 1. The van der Waals surface area contributed by atoms with Crippen molar-refractivity contribution in [2.75, 3.05) is 18.5 Å². The lowest BCUT2D eigenvalue weighted by molar-refractivity contribution is 0.114. The summed E-state index contributed by atoms with van der Waals surface area (Å²) in [7, 11) is -3.74. The molecule has 9 heteroatoms. The van der Waals surface area contributed by atoms with Crippen molar-refractivity contribution in [2.24, 2.45) is 0 Å². The van der Waals surface area contributed by atoms with Crippen LogP contribution in [0, 0.1) is 12.7 Å². The lowest BCUT2D eigenvalue weighted by Crippen LogP contribution is -2.32. The van der Waals surface area contributed by atoms with Gasteiger partial charge in [-0.25, -0.2) is 17.5 Å². The number of anilines is 2. The van der Waals surface area contributed by atoms with E-state index in [1.165, 1.54) is 12.1 Å². The van der Waals surface area contributed by atoms with Crippen LogP contribution in [0.2, 0.25) is 0 Å². The van der Waals surface area contributed by atoms with Gasteiger partial charge in [-0.15, -0.1) is 10.2 Å². The molecule has 1 aromatic heterocycles. The summed E-state index contributed by atoms with van der Waals surface area (Å²) in [6.07, 6.45) is 1.70. The van der Waals surface area contributed by atoms with E-state index in [1.54, 1.807) is 31.2 Å². The number of halogens is 1. The van der Waals surface area contributed by atoms with Gasteiger partial charge in [-0.2, -0.15) is 0 Å². The number of nitrogens with one attached hydrogen (secondary N) is 2. The Morgan fingerprint density at radius 2 is 1.80 bits per heavy atom. The van der Waals surface area contributed by atoms with Crippen LogP contribution >= 0.6 is 0 Å². The number of hydrogen-bond donors (Lipinski definition) is 2. The topological polar surface area (TPSA) is 93.2 Å². The molecule has 0 amide bonds. The van der Waals surface area contributed by atoms with E-state index in [2.05, 4.69) is 20.2 Å². The average Bonchev–Trinajstić information content (AvgIpc) is 3.39. The molecule has 1 fully saturated rings. The molecule has 1 saturated heterocycles. The minimum absolute atomic E-state index is 0.0933. The van der Waals surface area contributed by atoms with E-state index in [0.717, 1.165) is 23.6 Å². The number of ether oxygens (including phenoxy) is 1. The molecular weight excluding hydrogens is 467 g/mol. The molecule has 4 aromatic rings. The van der Waals surface area contributed by atoms with Gasteiger partial charge in [-0.1, -0.05) is 36.4 Å². The molecule has 2 N–H and O–H groups in total. The van der Waals surface area contributed by atoms with E-state index < -0.39 is 10.0 Å². The quantitative estimate of drug-likeness (QED) is 0.379. The smallest absolute Gasteiger partial charge is 0.240 e. The third-order valence-corrected chi connectivity index (χ3v) is 7.64. The number of aryl methyl sites for hydroxylation is 1. The summed E-state index contributed by atoms with van der Waals surface area (Å²) in [5.41, 5.74) is 2.53. The van der Waals surface area contributed by atoms with Crippen LogP contribution in [0.25, 0.3) is 22.0 Å². The molecule has 7 nitrogen and oxygen atoms in total. The fourth-order valence-corrected chi connectivity index (χ4v) is 5.54. The normalized spacial score (nSPS) is 16.0. The Kier molecular flexibility index (Phi) is 6.46. The molecule has 2 heterocycles. The van der Waals surface area contributed by atoms with Crippen LogP contribution < -0.4 is 10.0 Å². The molecular formula is C26H25FN4O3S. The molecule has 0 spiro atoms. The summed E-state index contributed by atoms with van der Waals surface area (Å²) in [4.78, 5) is 0.201. The van der Waals surface area contributed by atoms with Gasteiger partial charge < -0.3 is 10.1 Å². The Morgan fingerprint density at radius 1 is 1.03 bits per heavy atom. The maximum atomic E-state index is 13.3. The minimum atomic E-state index is -3.74. The van der Waals surface area contributed by atoms with Gasteiger partial charge in [0.05, 0.1) is 11.0 Å². The maximum absolute atomic E-state index is 13.3. The van der Waals surface area contributed by atoms with Crippen LogP contribution in [-0.2, 0) is 14.8 Å². The summed E-state index contributed by atoms with van der Waals surface area (Å²) in [6, 6.07) is 18.9. The number of benzene rings is 3. The highest BCUT2D eigenvalue weighted by molar-refractivity contribution is 7.89. The van der Waals surface area contributed by atoms with Crippen molar-refractivity contribution < 1.29 is 17.5 Å². The third kappa shape index (κ3) is 5.02. The number of nitrogens with zero attached hydrogens (tertiary/aromatic N) is 2. The van der Waals surface area contributed by atoms with Crippen molar-refractivity contribution in [2.45, 2.75) is 30.8 Å². The van der Waals surface area contributed by atoms with Crippen LogP contribution in [0.3, 0.4) is 0 Å². The van der Waals surface area contributed by atoms with Crippen molar-refractivity contribution >= 4 is 32.3 Å². The van der Waals surface area contributed by atoms with Gasteiger partial charge >= 0.3 is 0 Å². The predicted octanol–water partition coefficient (Wildman–Crippen LogP) is 4.95.